The van der Waals surface area contributed by atoms with E-state index in [-0.39, 0.29) is 12.3 Å². The van der Waals surface area contributed by atoms with Crippen LogP contribution in [0.25, 0.3) is 0 Å². The van der Waals surface area contributed by atoms with Crippen LogP contribution < -0.4 is 25.5 Å². The van der Waals surface area contributed by atoms with Crippen LogP contribution in [0.4, 0.5) is 5.69 Å². The van der Waals surface area contributed by atoms with E-state index in [0.717, 1.165) is 11.1 Å². The Morgan fingerprint density at radius 1 is 0.968 bits per heavy atom. The molecule has 2 aromatic carbocycles. The van der Waals surface area contributed by atoms with Crippen LogP contribution >= 0.6 is 0 Å². The predicted octanol–water partition coefficient (Wildman–Crippen LogP) is 2.15. The van der Waals surface area contributed by atoms with E-state index in [4.69, 9.17) is 9.47 Å². The number of methoxy groups -OCH3 is 2. The molecule has 0 saturated heterocycles. The molecule has 0 aliphatic heterocycles. The number of carbonyl (C=O) groups is 3. The van der Waals surface area contributed by atoms with Crippen molar-refractivity contribution in [1.82, 2.24) is 10.7 Å². The lowest BCUT2D eigenvalue weighted by Gasteiger charge is -2.10. The van der Waals surface area contributed by atoms with E-state index in [0.29, 0.717) is 29.4 Å². The summed E-state index contributed by atoms with van der Waals surface area (Å²) in [7, 11) is 3.03. The zero-order valence-corrected chi connectivity index (χ0v) is 17.9. The molecular weight excluding hydrogens is 400 g/mol. The van der Waals surface area contributed by atoms with Gasteiger partial charge in [-0.05, 0) is 37.6 Å². The van der Waals surface area contributed by atoms with E-state index >= 15 is 0 Å². The molecule has 3 N–H and O–H groups in total. The maximum atomic E-state index is 12.1. The van der Waals surface area contributed by atoms with E-state index in [2.05, 4.69) is 21.2 Å². The minimum atomic E-state index is -0.961. The number of anilines is 1. The smallest absolute Gasteiger partial charge is 0.329 e. The van der Waals surface area contributed by atoms with Gasteiger partial charge in [0, 0.05) is 17.8 Å². The first-order chi connectivity index (χ1) is 14.8. The van der Waals surface area contributed by atoms with Gasteiger partial charge in [0.2, 0.25) is 5.91 Å². The Labute approximate surface area is 180 Å². The summed E-state index contributed by atoms with van der Waals surface area (Å²) in [5.74, 6) is -1.04. The molecule has 31 heavy (non-hydrogen) atoms. The number of hydrogen-bond donors (Lipinski definition) is 3. The first-order valence-corrected chi connectivity index (χ1v) is 9.51. The molecule has 3 amide bonds. The molecule has 164 valence electrons. The molecule has 0 atom stereocenters. The number of amides is 3. The van der Waals surface area contributed by atoms with Gasteiger partial charge < -0.3 is 20.1 Å². The number of nitrogens with zero attached hydrogens (tertiary/aromatic N) is 1. The van der Waals surface area contributed by atoms with Crippen molar-refractivity contribution in [3.8, 4) is 11.5 Å². The normalized spacial score (nSPS) is 10.8. The Kier molecular flexibility index (Phi) is 8.56. The molecule has 0 aliphatic rings. The lowest BCUT2D eigenvalue weighted by Crippen LogP contribution is -2.33. The highest BCUT2D eigenvalue weighted by Gasteiger charge is 2.16. The number of benzene rings is 2. The molecule has 0 unspecified atom stereocenters. The summed E-state index contributed by atoms with van der Waals surface area (Å²) in [6.45, 7) is 3.72. The maximum absolute atomic E-state index is 12.1. The summed E-state index contributed by atoms with van der Waals surface area (Å²) < 4.78 is 10.4. The van der Waals surface area contributed by atoms with Crippen molar-refractivity contribution in [1.29, 1.82) is 0 Å². The topological polar surface area (TPSA) is 118 Å². The highest BCUT2D eigenvalue weighted by molar-refractivity contribution is 6.39. The third kappa shape index (κ3) is 7.14. The van der Waals surface area contributed by atoms with Crippen molar-refractivity contribution >= 4 is 29.1 Å². The van der Waals surface area contributed by atoms with Gasteiger partial charge in [0.25, 0.3) is 0 Å². The number of ether oxygens (including phenoxy) is 2. The maximum Gasteiger partial charge on any atom is 0.329 e. The van der Waals surface area contributed by atoms with E-state index in [9.17, 15) is 14.4 Å². The average Bonchev–Trinajstić information content (AvgIpc) is 2.76. The molecular formula is C22H26N4O5. The number of hydrogen-bond acceptors (Lipinski definition) is 6. The molecule has 0 aliphatic carbocycles. The fourth-order valence-corrected chi connectivity index (χ4v) is 2.67. The molecule has 2 rings (SSSR count). The fourth-order valence-electron chi connectivity index (χ4n) is 2.67. The SMILES string of the molecule is COc1ccccc1CNC(=O)C/C(C)=N/NC(=O)C(=O)Nc1cc(C)ccc1OC. The molecule has 0 fully saturated rings. The zero-order chi connectivity index (χ0) is 22.8. The zero-order valence-electron chi connectivity index (χ0n) is 17.9. The van der Waals surface area contributed by atoms with Crippen LogP contribution in [0.1, 0.15) is 24.5 Å². The van der Waals surface area contributed by atoms with Crippen LogP contribution in [-0.4, -0.2) is 37.7 Å². The largest absolute Gasteiger partial charge is 0.496 e. The van der Waals surface area contributed by atoms with Gasteiger partial charge in [-0.2, -0.15) is 5.10 Å². The summed E-state index contributed by atoms with van der Waals surface area (Å²) in [6, 6.07) is 12.5. The Bertz CT molecular complexity index is 988. The number of hydrazone groups is 1. The van der Waals surface area contributed by atoms with Crippen LogP contribution in [0.2, 0.25) is 0 Å². The lowest BCUT2D eigenvalue weighted by atomic mass is 10.2. The second-order valence-corrected chi connectivity index (χ2v) is 6.71. The number of para-hydroxylation sites is 1. The molecule has 0 bridgehead atoms. The molecule has 0 heterocycles. The molecule has 0 spiro atoms. The Hall–Kier alpha value is -3.88. The van der Waals surface area contributed by atoms with Crippen molar-refractivity contribution in [3.05, 3.63) is 53.6 Å². The number of nitrogens with one attached hydrogen (secondary N) is 3. The van der Waals surface area contributed by atoms with Gasteiger partial charge in [-0.25, -0.2) is 5.43 Å². The van der Waals surface area contributed by atoms with Gasteiger partial charge >= 0.3 is 11.8 Å². The highest BCUT2D eigenvalue weighted by Crippen LogP contribution is 2.25. The van der Waals surface area contributed by atoms with Crippen molar-refractivity contribution in [2.45, 2.75) is 26.8 Å². The van der Waals surface area contributed by atoms with Crippen LogP contribution in [-0.2, 0) is 20.9 Å². The van der Waals surface area contributed by atoms with Gasteiger partial charge in [-0.3, -0.25) is 14.4 Å². The molecule has 2 aromatic rings. The van der Waals surface area contributed by atoms with Gasteiger partial charge in [0.15, 0.2) is 0 Å². The van der Waals surface area contributed by atoms with Crippen LogP contribution in [0, 0.1) is 6.92 Å². The minimum absolute atomic E-state index is 0.0389. The Morgan fingerprint density at radius 2 is 1.68 bits per heavy atom. The van der Waals surface area contributed by atoms with Crippen molar-refractivity contribution in [3.63, 3.8) is 0 Å². The fraction of sp³-hybridized carbons (Fsp3) is 0.273. The average molecular weight is 426 g/mol. The van der Waals surface area contributed by atoms with Gasteiger partial charge in [-0.1, -0.05) is 24.3 Å². The lowest BCUT2D eigenvalue weighted by molar-refractivity contribution is -0.136. The highest BCUT2D eigenvalue weighted by atomic mass is 16.5. The van der Waals surface area contributed by atoms with E-state index in [1.54, 1.807) is 32.2 Å². The second-order valence-electron chi connectivity index (χ2n) is 6.71. The summed E-state index contributed by atoms with van der Waals surface area (Å²) in [4.78, 5) is 36.2. The van der Waals surface area contributed by atoms with Crippen LogP contribution in [0.3, 0.4) is 0 Å². The monoisotopic (exact) mass is 426 g/mol. The van der Waals surface area contributed by atoms with Gasteiger partial charge in [-0.15, -0.1) is 0 Å². The van der Waals surface area contributed by atoms with Crippen LogP contribution in [0.5, 0.6) is 11.5 Å². The van der Waals surface area contributed by atoms with Crippen LogP contribution in [0.15, 0.2) is 47.6 Å². The van der Waals surface area contributed by atoms with E-state index in [1.807, 2.05) is 31.2 Å². The van der Waals surface area contributed by atoms with E-state index < -0.39 is 11.8 Å². The van der Waals surface area contributed by atoms with Gasteiger partial charge in [0.1, 0.15) is 11.5 Å². The summed E-state index contributed by atoms with van der Waals surface area (Å²) in [5.41, 5.74) is 4.59. The molecule has 9 heteroatoms. The van der Waals surface area contributed by atoms with Crippen molar-refractivity contribution < 1.29 is 23.9 Å². The van der Waals surface area contributed by atoms with Crippen molar-refractivity contribution in [2.24, 2.45) is 5.10 Å². The molecule has 9 nitrogen and oxygen atoms in total. The summed E-state index contributed by atoms with van der Waals surface area (Å²) in [5, 5.41) is 9.05. The Balaban J connectivity index is 1.85. The number of aryl methyl sites for hydroxylation is 1. The molecule has 0 aromatic heterocycles. The first kappa shape index (κ1) is 23.4. The second kappa shape index (κ2) is 11.3. The van der Waals surface area contributed by atoms with E-state index in [1.165, 1.54) is 7.11 Å². The standard InChI is InChI=1S/C22H26N4O5/c1-14-9-10-19(31-4)17(11-14)24-21(28)22(29)26-25-15(2)12-20(27)23-13-16-7-5-6-8-18(16)30-3/h5-11H,12-13H2,1-4H3,(H,23,27)(H,24,28)(H,26,29)/b25-15+. The summed E-state index contributed by atoms with van der Waals surface area (Å²) in [6.07, 6.45) is -0.0389. The number of carbonyl (C=O) groups excluding carboxylic acids is 3. The predicted molar refractivity (Wildman–Crippen MR) is 117 cm³/mol. The molecule has 0 saturated carbocycles. The van der Waals surface area contributed by atoms with Gasteiger partial charge in [0.05, 0.1) is 26.3 Å². The quantitative estimate of drug-likeness (QED) is 0.340. The van der Waals surface area contributed by atoms with Crippen molar-refractivity contribution in [2.75, 3.05) is 19.5 Å². The third-order valence-corrected chi connectivity index (χ3v) is 4.24. The third-order valence-electron chi connectivity index (χ3n) is 4.24. The first-order valence-electron chi connectivity index (χ1n) is 9.51. The number of rotatable bonds is 8. The Morgan fingerprint density at radius 3 is 2.39 bits per heavy atom. The molecule has 0 radical (unpaired) electrons. The summed E-state index contributed by atoms with van der Waals surface area (Å²) >= 11 is 0. The minimum Gasteiger partial charge on any atom is -0.496 e.